The van der Waals surface area contributed by atoms with E-state index in [9.17, 15) is 36.0 Å². The first-order valence-electron chi connectivity index (χ1n) is 12.6. The van der Waals surface area contributed by atoms with Gasteiger partial charge in [-0.25, -0.2) is 8.42 Å². The molecule has 0 aliphatic carbocycles. The molecule has 3 aromatic carbocycles. The minimum Gasteiger partial charge on any atom is -0.494 e. The molecule has 13 heteroatoms. The highest BCUT2D eigenvalue weighted by molar-refractivity contribution is 7.91. The summed E-state index contributed by atoms with van der Waals surface area (Å²) in [5.74, 6) is -2.41. The fourth-order valence-corrected chi connectivity index (χ4v) is 5.69. The predicted molar refractivity (Wildman–Crippen MR) is 143 cm³/mol. The van der Waals surface area contributed by atoms with Crippen molar-refractivity contribution in [3.8, 4) is 5.75 Å². The van der Waals surface area contributed by atoms with Gasteiger partial charge in [0, 0.05) is 18.7 Å². The van der Waals surface area contributed by atoms with Crippen molar-refractivity contribution in [3.63, 3.8) is 0 Å². The number of carbonyl (C=O) groups excluding carboxylic acids is 3. The summed E-state index contributed by atoms with van der Waals surface area (Å²) in [7, 11) is -3.97. The zero-order valence-corrected chi connectivity index (χ0v) is 22.4. The summed E-state index contributed by atoms with van der Waals surface area (Å²) in [4.78, 5) is 35.9. The Morgan fingerprint density at radius 1 is 0.878 bits per heavy atom. The highest BCUT2D eigenvalue weighted by Gasteiger charge is 2.38. The Balaban J connectivity index is 1.24. The Kier molecular flexibility index (Phi) is 8.96. The number of alkyl halides is 3. The zero-order valence-electron chi connectivity index (χ0n) is 21.6. The Labute approximate surface area is 234 Å². The zero-order chi connectivity index (χ0) is 29.6. The lowest BCUT2D eigenvalue weighted by Gasteiger charge is -2.11. The average Bonchev–Trinajstić information content (AvgIpc) is 3.02. The number of amides is 3. The number of rotatable bonds is 10. The smallest absolute Gasteiger partial charge is 0.471 e. The molecule has 0 aromatic heterocycles. The van der Waals surface area contributed by atoms with Crippen molar-refractivity contribution in [1.82, 2.24) is 10.6 Å². The fourth-order valence-electron chi connectivity index (χ4n) is 4.09. The van der Waals surface area contributed by atoms with Crippen LogP contribution in [0, 0.1) is 0 Å². The van der Waals surface area contributed by atoms with E-state index in [0.717, 1.165) is 5.56 Å². The Bertz CT molecular complexity index is 1560. The number of nitrogens with one attached hydrogen (secondary N) is 3. The molecule has 0 saturated heterocycles. The molecule has 9 nitrogen and oxygen atoms in total. The molecule has 0 bridgehead atoms. The predicted octanol–water partition coefficient (Wildman–Crippen LogP) is 3.90. The maximum absolute atomic E-state index is 13.1. The molecular formula is C28H26F3N3O6S. The van der Waals surface area contributed by atoms with Gasteiger partial charge in [-0.2, -0.15) is 13.2 Å². The van der Waals surface area contributed by atoms with Crippen LogP contribution in [0.1, 0.15) is 39.1 Å². The van der Waals surface area contributed by atoms with Gasteiger partial charge in [0.25, 0.3) is 11.8 Å². The summed E-state index contributed by atoms with van der Waals surface area (Å²) in [5, 5.41) is 7.16. The molecule has 41 heavy (non-hydrogen) atoms. The van der Waals surface area contributed by atoms with E-state index >= 15 is 0 Å². The first-order chi connectivity index (χ1) is 19.5. The third-order valence-electron chi connectivity index (χ3n) is 6.21. The summed E-state index contributed by atoms with van der Waals surface area (Å²) in [5.41, 5.74) is 1.15. The first kappa shape index (κ1) is 29.6. The van der Waals surface area contributed by atoms with Crippen LogP contribution in [0.4, 0.5) is 18.9 Å². The van der Waals surface area contributed by atoms with E-state index in [1.54, 1.807) is 23.5 Å². The van der Waals surface area contributed by atoms with Gasteiger partial charge in [0.15, 0.2) is 0 Å². The second-order valence-electron chi connectivity index (χ2n) is 9.12. The minimum atomic E-state index is -4.89. The Morgan fingerprint density at radius 2 is 1.61 bits per heavy atom. The lowest BCUT2D eigenvalue weighted by molar-refractivity contribution is -0.173. The van der Waals surface area contributed by atoms with Gasteiger partial charge in [0.2, 0.25) is 9.84 Å². The van der Waals surface area contributed by atoms with Crippen molar-refractivity contribution < 1.29 is 40.7 Å². The molecule has 3 aromatic rings. The standard InChI is InChI=1S/C28H26F3N3O6S/c29-28(30,31)27(37)33-14-3-4-16-40-20-10-7-18(8-11-20)13-15-32-25(35)19-9-12-24-22(17-19)34-26(36)21-5-1-2-6-23(21)41(24,38)39/h1-2,5-12,17H,3-4,13-16H2,(H,32,35)(H,33,37)(H,34,36). The lowest BCUT2D eigenvalue weighted by atomic mass is 10.1. The molecule has 0 radical (unpaired) electrons. The summed E-state index contributed by atoms with van der Waals surface area (Å²) in [6.45, 7) is 0.460. The Hall–Kier alpha value is -4.39. The van der Waals surface area contributed by atoms with Gasteiger partial charge in [-0.15, -0.1) is 0 Å². The van der Waals surface area contributed by atoms with Crippen LogP contribution in [-0.4, -0.2) is 52.0 Å². The number of anilines is 1. The van der Waals surface area contributed by atoms with Gasteiger partial charge >= 0.3 is 12.1 Å². The van der Waals surface area contributed by atoms with Crippen LogP contribution in [0.2, 0.25) is 0 Å². The minimum absolute atomic E-state index is 0.0282. The van der Waals surface area contributed by atoms with E-state index in [0.29, 0.717) is 25.0 Å². The van der Waals surface area contributed by atoms with E-state index in [1.807, 2.05) is 12.1 Å². The molecule has 0 atom stereocenters. The van der Waals surface area contributed by atoms with E-state index < -0.39 is 33.7 Å². The van der Waals surface area contributed by atoms with E-state index in [2.05, 4.69) is 10.6 Å². The largest absolute Gasteiger partial charge is 0.494 e. The second-order valence-corrected chi connectivity index (χ2v) is 11.0. The van der Waals surface area contributed by atoms with Gasteiger partial charge in [-0.3, -0.25) is 14.4 Å². The number of fused-ring (bicyclic) bond motifs is 2. The molecule has 0 saturated carbocycles. The van der Waals surface area contributed by atoms with Gasteiger partial charge in [-0.1, -0.05) is 24.3 Å². The van der Waals surface area contributed by atoms with Crippen LogP contribution >= 0.6 is 0 Å². The maximum Gasteiger partial charge on any atom is 0.471 e. The number of carbonyl (C=O) groups is 3. The van der Waals surface area contributed by atoms with Crippen LogP contribution in [-0.2, 0) is 21.1 Å². The number of benzene rings is 3. The Morgan fingerprint density at radius 3 is 2.34 bits per heavy atom. The van der Waals surface area contributed by atoms with Gasteiger partial charge in [0.05, 0.1) is 27.6 Å². The van der Waals surface area contributed by atoms with Gasteiger partial charge in [-0.05, 0) is 67.3 Å². The van der Waals surface area contributed by atoms with Crippen LogP contribution in [0.3, 0.4) is 0 Å². The quantitative estimate of drug-likeness (QED) is 0.308. The molecular weight excluding hydrogens is 563 g/mol. The highest BCUT2D eigenvalue weighted by atomic mass is 32.2. The van der Waals surface area contributed by atoms with E-state index in [-0.39, 0.29) is 46.3 Å². The van der Waals surface area contributed by atoms with Gasteiger partial charge < -0.3 is 20.7 Å². The van der Waals surface area contributed by atoms with Crippen LogP contribution in [0.5, 0.6) is 5.75 Å². The number of hydrogen-bond donors (Lipinski definition) is 3. The summed E-state index contributed by atoms with van der Waals surface area (Å²) >= 11 is 0. The van der Waals surface area contributed by atoms with Crippen LogP contribution < -0.4 is 20.7 Å². The topological polar surface area (TPSA) is 131 Å². The summed E-state index contributed by atoms with van der Waals surface area (Å²) < 4.78 is 68.1. The number of hydrogen-bond acceptors (Lipinski definition) is 6. The van der Waals surface area contributed by atoms with Crippen molar-refractivity contribution in [1.29, 1.82) is 0 Å². The van der Waals surface area contributed by atoms with Crippen LogP contribution in [0.25, 0.3) is 0 Å². The molecule has 1 aliphatic heterocycles. The molecule has 3 amide bonds. The highest BCUT2D eigenvalue weighted by Crippen LogP contribution is 2.34. The monoisotopic (exact) mass is 589 g/mol. The summed E-state index contributed by atoms with van der Waals surface area (Å²) in [6, 6.07) is 17.0. The van der Waals surface area contributed by atoms with Gasteiger partial charge in [0.1, 0.15) is 5.75 Å². The van der Waals surface area contributed by atoms with Crippen molar-refractivity contribution in [3.05, 3.63) is 83.4 Å². The van der Waals surface area contributed by atoms with E-state index in [4.69, 9.17) is 4.74 Å². The van der Waals surface area contributed by atoms with Crippen molar-refractivity contribution in [2.24, 2.45) is 0 Å². The number of unbranched alkanes of at least 4 members (excludes halogenated alkanes) is 1. The molecule has 1 heterocycles. The number of halogens is 3. The van der Waals surface area contributed by atoms with Crippen LogP contribution in [0.15, 0.2) is 76.5 Å². The number of sulfone groups is 1. The number of ether oxygens (including phenoxy) is 1. The summed E-state index contributed by atoms with van der Waals surface area (Å²) in [6.07, 6.45) is -3.60. The molecule has 0 fully saturated rings. The SMILES string of the molecule is O=C(NCCc1ccc(OCCCCNC(=O)C(F)(F)F)cc1)c1ccc2c(c1)NC(=O)c1ccccc1S2(=O)=O. The van der Waals surface area contributed by atoms with Crippen molar-refractivity contribution in [2.75, 3.05) is 25.0 Å². The fraction of sp³-hybridized carbons (Fsp3) is 0.250. The molecule has 216 valence electrons. The molecule has 4 rings (SSSR count). The molecule has 0 unspecified atom stereocenters. The normalized spacial score (nSPS) is 13.7. The third-order valence-corrected chi connectivity index (χ3v) is 8.08. The van der Waals surface area contributed by atoms with Crippen molar-refractivity contribution >= 4 is 33.2 Å². The van der Waals surface area contributed by atoms with E-state index in [1.165, 1.54) is 36.4 Å². The average molecular weight is 590 g/mol. The third kappa shape index (κ3) is 7.23. The second kappa shape index (κ2) is 12.4. The molecule has 3 N–H and O–H groups in total. The molecule has 1 aliphatic rings. The molecule has 0 spiro atoms. The maximum atomic E-state index is 13.1. The lowest BCUT2D eigenvalue weighted by Crippen LogP contribution is -2.37. The first-order valence-corrected chi connectivity index (χ1v) is 14.1. The van der Waals surface area contributed by atoms with Crippen molar-refractivity contribution in [2.45, 2.75) is 35.2 Å².